The van der Waals surface area contributed by atoms with Gasteiger partial charge in [0, 0.05) is 5.69 Å². The van der Waals surface area contributed by atoms with Crippen LogP contribution in [0.4, 0.5) is 13.2 Å². The Morgan fingerprint density at radius 3 is 2.65 bits per heavy atom. The summed E-state index contributed by atoms with van der Waals surface area (Å²) in [7, 11) is 0. The molecule has 0 radical (unpaired) electrons. The second kappa shape index (κ2) is 3.44. The van der Waals surface area contributed by atoms with Gasteiger partial charge in [0.2, 0.25) is 0 Å². The Bertz CT molecular complexity index is 603. The summed E-state index contributed by atoms with van der Waals surface area (Å²) in [5.41, 5.74) is -1.74. The van der Waals surface area contributed by atoms with Crippen LogP contribution in [0.2, 0.25) is 0 Å². The van der Waals surface area contributed by atoms with Gasteiger partial charge in [-0.1, -0.05) is 0 Å². The van der Waals surface area contributed by atoms with Gasteiger partial charge >= 0.3 is 12.1 Å². The van der Waals surface area contributed by atoms with Gasteiger partial charge in [0.25, 0.3) is 0 Å². The summed E-state index contributed by atoms with van der Waals surface area (Å²) < 4.78 is 38.7. The number of imidazole rings is 1. The van der Waals surface area contributed by atoms with Crippen molar-refractivity contribution in [1.29, 1.82) is 0 Å². The molecule has 2 aromatic heterocycles. The molecule has 0 saturated heterocycles. The highest BCUT2D eigenvalue weighted by Gasteiger charge is 2.34. The van der Waals surface area contributed by atoms with Crippen molar-refractivity contribution >= 4 is 11.6 Å². The van der Waals surface area contributed by atoms with Crippen LogP contribution >= 0.6 is 0 Å². The van der Waals surface area contributed by atoms with E-state index >= 15 is 0 Å². The van der Waals surface area contributed by atoms with E-state index in [-0.39, 0.29) is 11.3 Å². The molecule has 0 fully saturated rings. The number of hydrogen-bond donors (Lipinski definition) is 1. The number of aromatic nitrogens is 3. The predicted molar refractivity (Wildman–Crippen MR) is 49.7 cm³/mol. The minimum Gasteiger partial charge on any atom is -0.476 e. The van der Waals surface area contributed by atoms with Crippen LogP contribution in [-0.2, 0) is 6.18 Å². The molecule has 17 heavy (non-hydrogen) atoms. The first-order valence-electron chi connectivity index (χ1n) is 4.46. The van der Waals surface area contributed by atoms with Crippen LogP contribution < -0.4 is 0 Å². The minimum atomic E-state index is -4.59. The van der Waals surface area contributed by atoms with Crippen molar-refractivity contribution in [3.05, 3.63) is 29.5 Å². The number of carboxylic acid groups (broad SMARTS) is 1. The number of carboxylic acids is 1. The van der Waals surface area contributed by atoms with Crippen molar-refractivity contribution in [2.24, 2.45) is 0 Å². The maximum Gasteiger partial charge on any atom is 0.431 e. The fraction of sp³-hybridized carbons (Fsp3) is 0.222. The first kappa shape index (κ1) is 11.4. The number of aromatic carboxylic acids is 1. The van der Waals surface area contributed by atoms with Crippen molar-refractivity contribution in [3.8, 4) is 0 Å². The number of fused-ring (bicyclic) bond motifs is 1. The van der Waals surface area contributed by atoms with Gasteiger partial charge in [0.1, 0.15) is 12.0 Å². The second-order valence-electron chi connectivity index (χ2n) is 3.37. The molecule has 8 heteroatoms. The van der Waals surface area contributed by atoms with Crippen LogP contribution in [0, 0.1) is 6.92 Å². The van der Waals surface area contributed by atoms with Gasteiger partial charge in [-0.3, -0.25) is 4.40 Å². The smallest absolute Gasteiger partial charge is 0.431 e. The van der Waals surface area contributed by atoms with Gasteiger partial charge in [-0.05, 0) is 13.0 Å². The summed E-state index contributed by atoms with van der Waals surface area (Å²) in [6, 6.07) is 0.834. The summed E-state index contributed by atoms with van der Waals surface area (Å²) in [5.74, 6) is -1.42. The first-order chi connectivity index (χ1) is 7.80. The van der Waals surface area contributed by atoms with Crippen molar-refractivity contribution in [1.82, 2.24) is 14.4 Å². The molecular weight excluding hydrogens is 239 g/mol. The summed E-state index contributed by atoms with van der Waals surface area (Å²) in [6.07, 6.45) is -3.80. The van der Waals surface area contributed by atoms with E-state index in [0.29, 0.717) is 4.40 Å². The highest BCUT2D eigenvalue weighted by Crippen LogP contribution is 2.30. The van der Waals surface area contributed by atoms with Gasteiger partial charge in [-0.15, -0.1) is 0 Å². The Morgan fingerprint density at radius 1 is 1.47 bits per heavy atom. The van der Waals surface area contributed by atoms with Crippen LogP contribution in [0.3, 0.4) is 0 Å². The summed E-state index contributed by atoms with van der Waals surface area (Å²) in [4.78, 5) is 17.9. The van der Waals surface area contributed by atoms with E-state index in [1.54, 1.807) is 0 Å². The number of alkyl halides is 3. The standard InChI is InChI=1S/C9H6F3N3O2/c1-4-2-5(9(10,11)12)15-3-13-6(8(16)17)7(15)14-4/h2-3H,1H3,(H,16,17). The predicted octanol–water partition coefficient (Wildman–Crippen LogP) is 1.75. The largest absolute Gasteiger partial charge is 0.476 e. The van der Waals surface area contributed by atoms with E-state index in [9.17, 15) is 18.0 Å². The Kier molecular flexibility index (Phi) is 2.30. The van der Waals surface area contributed by atoms with Gasteiger partial charge in [0.05, 0.1) is 0 Å². The minimum absolute atomic E-state index is 0.0767. The quantitative estimate of drug-likeness (QED) is 0.831. The topological polar surface area (TPSA) is 67.5 Å². The lowest BCUT2D eigenvalue weighted by Crippen LogP contribution is -2.13. The fourth-order valence-corrected chi connectivity index (χ4v) is 1.46. The van der Waals surface area contributed by atoms with Crippen LogP contribution in [0.1, 0.15) is 21.9 Å². The Morgan fingerprint density at radius 2 is 2.12 bits per heavy atom. The molecule has 0 aliphatic carbocycles. The van der Waals surface area contributed by atoms with E-state index in [1.165, 1.54) is 6.92 Å². The second-order valence-corrected chi connectivity index (χ2v) is 3.37. The molecule has 90 valence electrons. The van der Waals surface area contributed by atoms with Crippen LogP contribution in [-0.4, -0.2) is 25.4 Å². The van der Waals surface area contributed by atoms with E-state index in [0.717, 1.165) is 12.4 Å². The van der Waals surface area contributed by atoms with Gasteiger partial charge in [-0.2, -0.15) is 13.2 Å². The zero-order chi connectivity index (χ0) is 12.8. The SMILES string of the molecule is Cc1cc(C(F)(F)F)n2cnc(C(=O)O)c2n1. The van der Waals surface area contributed by atoms with E-state index in [4.69, 9.17) is 5.11 Å². The van der Waals surface area contributed by atoms with Gasteiger partial charge < -0.3 is 5.11 Å². The summed E-state index contributed by atoms with van der Waals surface area (Å²) in [6.45, 7) is 1.36. The number of hydrogen-bond acceptors (Lipinski definition) is 3. The number of nitrogens with zero attached hydrogens (tertiary/aromatic N) is 3. The van der Waals surface area contributed by atoms with Crippen molar-refractivity contribution in [2.75, 3.05) is 0 Å². The molecule has 0 atom stereocenters. The van der Waals surface area contributed by atoms with Crippen LogP contribution in [0.15, 0.2) is 12.4 Å². The first-order valence-corrected chi connectivity index (χ1v) is 4.46. The average Bonchev–Trinajstić information content (AvgIpc) is 2.57. The zero-order valence-electron chi connectivity index (χ0n) is 8.49. The van der Waals surface area contributed by atoms with Gasteiger partial charge in [-0.25, -0.2) is 14.8 Å². The third-order valence-electron chi connectivity index (χ3n) is 2.12. The molecule has 0 aromatic carbocycles. The highest BCUT2D eigenvalue weighted by atomic mass is 19.4. The fourth-order valence-electron chi connectivity index (χ4n) is 1.46. The highest BCUT2D eigenvalue weighted by molar-refractivity contribution is 5.92. The molecular formula is C9H6F3N3O2. The lowest BCUT2D eigenvalue weighted by atomic mass is 10.3. The molecule has 0 bridgehead atoms. The van der Waals surface area contributed by atoms with Crippen molar-refractivity contribution in [2.45, 2.75) is 13.1 Å². The molecule has 0 aliphatic heterocycles. The molecule has 2 heterocycles. The molecule has 2 rings (SSSR count). The third kappa shape index (κ3) is 1.81. The van der Waals surface area contributed by atoms with Crippen molar-refractivity contribution < 1.29 is 23.1 Å². The monoisotopic (exact) mass is 245 g/mol. The van der Waals surface area contributed by atoms with Gasteiger partial charge in [0.15, 0.2) is 11.3 Å². The maximum absolute atomic E-state index is 12.7. The number of aryl methyl sites for hydroxylation is 1. The van der Waals surface area contributed by atoms with E-state index in [2.05, 4.69) is 9.97 Å². The number of carbonyl (C=O) groups is 1. The third-order valence-corrected chi connectivity index (χ3v) is 2.12. The van der Waals surface area contributed by atoms with Crippen LogP contribution in [0.25, 0.3) is 5.65 Å². The normalized spacial score (nSPS) is 12.0. The molecule has 0 unspecified atom stereocenters. The maximum atomic E-state index is 12.7. The van der Waals surface area contributed by atoms with Crippen LogP contribution in [0.5, 0.6) is 0 Å². The lowest BCUT2D eigenvalue weighted by molar-refractivity contribution is -0.142. The molecule has 0 spiro atoms. The van der Waals surface area contributed by atoms with Crippen molar-refractivity contribution in [3.63, 3.8) is 0 Å². The molecule has 0 saturated carbocycles. The summed E-state index contributed by atoms with van der Waals surface area (Å²) >= 11 is 0. The van der Waals surface area contributed by atoms with E-state index in [1.807, 2.05) is 0 Å². The molecule has 0 aliphatic rings. The Balaban J connectivity index is 2.84. The average molecular weight is 245 g/mol. The Labute approximate surface area is 92.5 Å². The Hall–Kier alpha value is -2.12. The lowest BCUT2D eigenvalue weighted by Gasteiger charge is -2.09. The zero-order valence-corrected chi connectivity index (χ0v) is 8.49. The number of halogens is 3. The number of rotatable bonds is 1. The van der Waals surface area contributed by atoms with E-state index < -0.39 is 23.5 Å². The molecule has 1 N–H and O–H groups in total. The summed E-state index contributed by atoms with van der Waals surface area (Å²) in [5, 5.41) is 8.76. The molecule has 2 aromatic rings. The molecule has 5 nitrogen and oxygen atoms in total. The molecule has 0 amide bonds.